The number of anilines is 3. The van der Waals surface area contributed by atoms with Crippen LogP contribution in [0.1, 0.15) is 60.8 Å². The van der Waals surface area contributed by atoms with Crippen LogP contribution in [-0.2, 0) is 0 Å². The molecule has 0 saturated carbocycles. The Balaban J connectivity index is 0.934. The zero-order valence-electron chi connectivity index (χ0n) is 31.6. The molecule has 3 aliphatic carbocycles. The Morgan fingerprint density at radius 3 is 2.37 bits per heavy atom. The zero-order chi connectivity index (χ0) is 37.5. The standard InChI is InChI=1S/C52H42N2S3/c1-3-11-33(12-4-1)35-19-23-37(24-20-35)53(38-25-21-36(22-26-38)34-13-5-2-6-14-34)39-28-30-47-44(31-39)41-29-27-40(32-48(41)55-47)54-49-42-15-7-9-17-45(42)56-51(49)52-50(54)43-16-8-10-18-46(43)57-52/h1-5,7-9,11-13,15-17,19,21-32,35,49-52H,6,10,14,18,20H2. The third-order valence-electron chi connectivity index (χ3n) is 12.9. The number of allylic oxidation sites excluding steroid dienone is 9. The minimum atomic E-state index is 0.389. The number of fused-ring (bicyclic) bond motifs is 9. The summed E-state index contributed by atoms with van der Waals surface area (Å²) in [6, 6.07) is 44.7. The van der Waals surface area contributed by atoms with E-state index in [9.17, 15) is 0 Å². The number of thioether (sulfide) groups is 2. The number of hydrogen-bond acceptors (Lipinski definition) is 5. The van der Waals surface area contributed by atoms with Crippen LogP contribution in [0.25, 0.3) is 25.7 Å². The molecule has 12 rings (SSSR count). The number of nitrogens with zero attached hydrogens (tertiary/aromatic N) is 2. The van der Waals surface area contributed by atoms with E-state index < -0.39 is 0 Å². The van der Waals surface area contributed by atoms with Gasteiger partial charge in [0, 0.05) is 64.2 Å². The largest absolute Gasteiger partial charge is 0.355 e. The molecule has 6 aliphatic rings. The predicted octanol–water partition coefficient (Wildman–Crippen LogP) is 14.7. The van der Waals surface area contributed by atoms with E-state index in [1.807, 2.05) is 11.3 Å². The third kappa shape index (κ3) is 5.68. The molecular formula is C52H42N2S3. The van der Waals surface area contributed by atoms with Crippen LogP contribution in [0, 0.1) is 0 Å². The van der Waals surface area contributed by atoms with Gasteiger partial charge in [-0.05, 0) is 119 Å². The second-order valence-electron chi connectivity index (χ2n) is 16.1. The van der Waals surface area contributed by atoms with E-state index in [0.29, 0.717) is 28.5 Å². The first-order valence-electron chi connectivity index (χ1n) is 20.5. The molecule has 5 heteroatoms. The van der Waals surface area contributed by atoms with E-state index in [2.05, 4.69) is 197 Å². The van der Waals surface area contributed by atoms with Crippen LogP contribution < -0.4 is 9.80 Å². The summed E-state index contributed by atoms with van der Waals surface area (Å²) >= 11 is 6.25. The first kappa shape index (κ1) is 34.1. The molecule has 57 heavy (non-hydrogen) atoms. The van der Waals surface area contributed by atoms with Crippen LogP contribution in [0.4, 0.5) is 17.1 Å². The summed E-state index contributed by atoms with van der Waals surface area (Å²) in [7, 11) is 0. The summed E-state index contributed by atoms with van der Waals surface area (Å²) in [5.74, 6) is 0.389. The van der Waals surface area contributed by atoms with Crippen molar-refractivity contribution in [2.45, 2.75) is 65.5 Å². The van der Waals surface area contributed by atoms with Crippen LogP contribution in [0.3, 0.4) is 0 Å². The molecule has 1 saturated heterocycles. The van der Waals surface area contributed by atoms with Crippen LogP contribution in [-0.4, -0.2) is 16.5 Å². The van der Waals surface area contributed by atoms with Crippen LogP contribution in [0.15, 0.2) is 185 Å². The highest BCUT2D eigenvalue weighted by Gasteiger charge is 2.57. The van der Waals surface area contributed by atoms with Gasteiger partial charge in [0.1, 0.15) is 0 Å². The van der Waals surface area contributed by atoms with Crippen molar-refractivity contribution in [3.63, 3.8) is 0 Å². The number of thiophene rings is 1. The van der Waals surface area contributed by atoms with Crippen molar-refractivity contribution < 1.29 is 0 Å². The molecule has 0 radical (unpaired) electrons. The first-order valence-corrected chi connectivity index (χ1v) is 23.1. The summed E-state index contributed by atoms with van der Waals surface area (Å²) in [6.45, 7) is 0. The van der Waals surface area contributed by atoms with E-state index in [1.54, 1.807) is 10.5 Å². The number of rotatable bonds is 6. The Labute approximate surface area is 347 Å². The summed E-state index contributed by atoms with van der Waals surface area (Å²) in [5.41, 5.74) is 12.2. The lowest BCUT2D eigenvalue weighted by Gasteiger charge is -2.33. The Morgan fingerprint density at radius 1 is 0.667 bits per heavy atom. The maximum Gasteiger partial charge on any atom is 0.0694 e. The molecule has 0 amide bonds. The topological polar surface area (TPSA) is 6.48 Å². The maximum atomic E-state index is 2.82. The van der Waals surface area contributed by atoms with Gasteiger partial charge in [-0.25, -0.2) is 0 Å². The highest BCUT2D eigenvalue weighted by Crippen LogP contribution is 2.63. The van der Waals surface area contributed by atoms with Crippen LogP contribution >= 0.6 is 34.9 Å². The number of hydrogen-bond donors (Lipinski definition) is 0. The van der Waals surface area contributed by atoms with Gasteiger partial charge in [0.2, 0.25) is 0 Å². The average molecular weight is 791 g/mol. The predicted molar refractivity (Wildman–Crippen MR) is 247 cm³/mol. The van der Waals surface area contributed by atoms with Gasteiger partial charge in [-0.2, -0.15) is 0 Å². The molecule has 1 fully saturated rings. The SMILES string of the molecule is C1=CCCC(c2ccc(N(C3=CCC(c4ccccc4)C=C3)c3ccc4sc5cc(N6C7C8=C(CCC=C8)SC7C7Sc8ccccc8C76)ccc5c4c3)cc2)=C1. The molecule has 1 aromatic heterocycles. The Kier molecular flexibility index (Phi) is 8.30. The van der Waals surface area contributed by atoms with Crippen LogP contribution in [0.5, 0.6) is 0 Å². The smallest absolute Gasteiger partial charge is 0.0694 e. The van der Waals surface area contributed by atoms with E-state index >= 15 is 0 Å². The second-order valence-corrected chi connectivity index (χ2v) is 19.6. The monoisotopic (exact) mass is 790 g/mol. The lowest BCUT2D eigenvalue weighted by Crippen LogP contribution is -2.35. The summed E-state index contributed by atoms with van der Waals surface area (Å²) < 4.78 is 2.71. The zero-order valence-corrected chi connectivity index (χ0v) is 34.1. The van der Waals surface area contributed by atoms with E-state index in [4.69, 9.17) is 0 Å². The fourth-order valence-corrected chi connectivity index (χ4v) is 14.7. The fourth-order valence-electron chi connectivity index (χ4n) is 10.2. The van der Waals surface area contributed by atoms with Crippen molar-refractivity contribution >= 4 is 77.7 Å². The van der Waals surface area contributed by atoms with Crippen molar-refractivity contribution in [3.05, 3.63) is 197 Å². The molecule has 2 nitrogen and oxygen atoms in total. The Morgan fingerprint density at radius 2 is 1.51 bits per heavy atom. The normalized spacial score (nSPS) is 24.4. The van der Waals surface area contributed by atoms with Gasteiger partial charge < -0.3 is 9.80 Å². The highest BCUT2D eigenvalue weighted by atomic mass is 32.2. The minimum absolute atomic E-state index is 0.389. The molecule has 0 bridgehead atoms. The molecule has 3 aliphatic heterocycles. The molecule has 5 aromatic carbocycles. The number of benzene rings is 5. The van der Waals surface area contributed by atoms with Crippen molar-refractivity contribution in [3.8, 4) is 0 Å². The van der Waals surface area contributed by atoms with E-state index in [0.717, 1.165) is 19.3 Å². The van der Waals surface area contributed by atoms with Gasteiger partial charge >= 0.3 is 0 Å². The quantitative estimate of drug-likeness (QED) is 0.166. The Bertz CT molecular complexity index is 2770. The molecule has 278 valence electrons. The van der Waals surface area contributed by atoms with Crippen molar-refractivity contribution in [1.29, 1.82) is 0 Å². The molecule has 5 atom stereocenters. The average Bonchev–Trinajstić information content (AvgIpc) is 4.03. The van der Waals surface area contributed by atoms with Gasteiger partial charge in [0.05, 0.1) is 12.1 Å². The minimum Gasteiger partial charge on any atom is -0.355 e. The Hall–Kier alpha value is -4.94. The third-order valence-corrected chi connectivity index (χ3v) is 17.2. The van der Waals surface area contributed by atoms with Crippen molar-refractivity contribution in [2.75, 3.05) is 9.80 Å². The van der Waals surface area contributed by atoms with Crippen molar-refractivity contribution in [2.24, 2.45) is 0 Å². The van der Waals surface area contributed by atoms with Gasteiger partial charge in [0.15, 0.2) is 0 Å². The summed E-state index contributed by atoms with van der Waals surface area (Å²) in [4.78, 5) is 8.38. The van der Waals surface area contributed by atoms with Gasteiger partial charge in [0.25, 0.3) is 0 Å². The molecule has 4 heterocycles. The lowest BCUT2D eigenvalue weighted by molar-refractivity contribution is 0.704. The molecular weight excluding hydrogens is 749 g/mol. The second kappa shape index (κ2) is 13.9. The first-order chi connectivity index (χ1) is 28.2. The highest BCUT2D eigenvalue weighted by molar-refractivity contribution is 8.06. The summed E-state index contributed by atoms with van der Waals surface area (Å²) in [5, 5.41) is 3.80. The van der Waals surface area contributed by atoms with E-state index in [1.165, 1.54) is 82.9 Å². The van der Waals surface area contributed by atoms with Gasteiger partial charge in [-0.1, -0.05) is 109 Å². The maximum absolute atomic E-state index is 2.82. The van der Waals surface area contributed by atoms with Gasteiger partial charge in [-0.15, -0.1) is 34.9 Å². The lowest BCUT2D eigenvalue weighted by atomic mass is 9.91. The molecule has 5 unspecified atom stereocenters. The van der Waals surface area contributed by atoms with E-state index in [-0.39, 0.29) is 0 Å². The summed E-state index contributed by atoms with van der Waals surface area (Å²) in [6.07, 6.45) is 24.3. The molecule has 0 N–H and O–H groups in total. The molecule has 0 spiro atoms. The van der Waals surface area contributed by atoms with Crippen LogP contribution in [0.2, 0.25) is 0 Å². The molecule has 6 aromatic rings. The fraction of sp³-hybridized carbons (Fsp3) is 0.192. The van der Waals surface area contributed by atoms with Gasteiger partial charge in [-0.3, -0.25) is 0 Å². The van der Waals surface area contributed by atoms with Crippen molar-refractivity contribution in [1.82, 2.24) is 0 Å².